The molecule has 1 aliphatic carbocycles. The number of carbonyl (C=O) groups is 2. The zero-order chi connectivity index (χ0) is 27.4. The lowest BCUT2D eigenvalue weighted by molar-refractivity contribution is -0.130. The fourth-order valence-corrected chi connectivity index (χ4v) is 5.54. The Morgan fingerprint density at radius 2 is 1.79 bits per heavy atom. The molecule has 2 aliphatic rings. The van der Waals surface area contributed by atoms with Crippen LogP contribution in [-0.2, 0) is 9.53 Å². The molecule has 2 heterocycles. The minimum absolute atomic E-state index is 0.186. The van der Waals surface area contributed by atoms with Crippen molar-refractivity contribution in [1.82, 2.24) is 20.7 Å². The summed E-state index contributed by atoms with van der Waals surface area (Å²) in [6, 6.07) is 2.08. The van der Waals surface area contributed by atoms with Crippen LogP contribution in [0.4, 0.5) is 13.2 Å². The van der Waals surface area contributed by atoms with Gasteiger partial charge in [0.05, 0.1) is 23.6 Å². The summed E-state index contributed by atoms with van der Waals surface area (Å²) in [7, 11) is 1.57. The Hall–Kier alpha value is -2.92. The first-order valence-electron chi connectivity index (χ1n) is 13.1. The fourth-order valence-electron chi connectivity index (χ4n) is 5.54. The van der Waals surface area contributed by atoms with Crippen molar-refractivity contribution in [2.75, 3.05) is 26.8 Å². The van der Waals surface area contributed by atoms with Crippen molar-refractivity contribution in [2.24, 2.45) is 5.92 Å². The van der Waals surface area contributed by atoms with Gasteiger partial charge in [-0.3, -0.25) is 14.5 Å². The number of hydrogen-bond acceptors (Lipinski definition) is 6. The van der Waals surface area contributed by atoms with Crippen LogP contribution in [0.15, 0.2) is 22.7 Å². The first kappa shape index (κ1) is 28.1. The smallest absolute Gasteiger partial charge is 0.273 e. The van der Waals surface area contributed by atoms with Crippen molar-refractivity contribution in [1.29, 1.82) is 0 Å². The molecule has 0 unspecified atom stereocenters. The number of halogens is 3. The number of nitrogens with one attached hydrogen (secondary N) is 2. The molecule has 0 spiro atoms. The summed E-state index contributed by atoms with van der Waals surface area (Å²) in [5, 5.41) is 9.59. The molecule has 1 saturated carbocycles. The Balaban J connectivity index is 1.50. The van der Waals surface area contributed by atoms with Crippen molar-refractivity contribution < 1.29 is 32.0 Å². The second kappa shape index (κ2) is 11.9. The average Bonchev–Trinajstić information content (AvgIpc) is 3.33. The second-order valence-corrected chi connectivity index (χ2v) is 10.9. The van der Waals surface area contributed by atoms with Crippen molar-refractivity contribution >= 4 is 11.8 Å². The third-order valence-electron chi connectivity index (χ3n) is 7.35. The van der Waals surface area contributed by atoms with Gasteiger partial charge in [0.2, 0.25) is 5.91 Å². The number of piperidine rings is 1. The molecule has 1 aromatic carbocycles. The lowest BCUT2D eigenvalue weighted by Gasteiger charge is -2.43. The number of hydrogen-bond donors (Lipinski definition) is 2. The molecule has 2 N–H and O–H groups in total. The van der Waals surface area contributed by atoms with Crippen molar-refractivity contribution in [3.63, 3.8) is 0 Å². The first-order valence-corrected chi connectivity index (χ1v) is 13.1. The second-order valence-electron chi connectivity index (χ2n) is 10.9. The van der Waals surface area contributed by atoms with E-state index in [2.05, 4.69) is 20.7 Å². The van der Waals surface area contributed by atoms with E-state index >= 15 is 0 Å². The number of benzene rings is 1. The Morgan fingerprint density at radius 1 is 1.11 bits per heavy atom. The molecule has 1 aliphatic heterocycles. The minimum Gasteiger partial charge on any atom is -0.382 e. The quantitative estimate of drug-likeness (QED) is 0.529. The molecule has 0 radical (unpaired) electrons. The molecule has 4 rings (SSSR count). The number of ether oxygens (including phenoxy) is 1. The van der Waals surface area contributed by atoms with Gasteiger partial charge in [0.1, 0.15) is 17.5 Å². The number of aromatic nitrogens is 1. The van der Waals surface area contributed by atoms with E-state index < -0.39 is 46.4 Å². The molecular formula is C27H35F3N4O4. The summed E-state index contributed by atoms with van der Waals surface area (Å²) >= 11 is 0. The third-order valence-corrected chi connectivity index (χ3v) is 7.35. The molecule has 1 saturated heterocycles. The van der Waals surface area contributed by atoms with E-state index in [1.54, 1.807) is 7.11 Å². The molecule has 0 bridgehead atoms. The highest BCUT2D eigenvalue weighted by Crippen LogP contribution is 2.30. The highest BCUT2D eigenvalue weighted by molar-refractivity contribution is 5.94. The molecular weight excluding hydrogens is 501 g/mol. The molecule has 11 heteroatoms. The lowest BCUT2D eigenvalue weighted by Crippen LogP contribution is -2.60. The van der Waals surface area contributed by atoms with Crippen LogP contribution in [0.2, 0.25) is 0 Å². The molecule has 2 aromatic rings. The van der Waals surface area contributed by atoms with Gasteiger partial charge in [0, 0.05) is 50.5 Å². The van der Waals surface area contributed by atoms with Crippen LogP contribution in [0, 0.1) is 23.4 Å². The first-order chi connectivity index (χ1) is 18.1. The van der Waals surface area contributed by atoms with Gasteiger partial charge in [-0.1, -0.05) is 24.4 Å². The normalized spacial score (nSPS) is 21.3. The summed E-state index contributed by atoms with van der Waals surface area (Å²) in [6.07, 6.45) is 6.31. The van der Waals surface area contributed by atoms with Gasteiger partial charge in [0.25, 0.3) is 5.91 Å². The van der Waals surface area contributed by atoms with Crippen molar-refractivity contribution in [2.45, 2.75) is 70.0 Å². The van der Waals surface area contributed by atoms with Gasteiger partial charge < -0.3 is 19.9 Å². The van der Waals surface area contributed by atoms with Crippen LogP contribution in [0.1, 0.15) is 62.9 Å². The minimum atomic E-state index is -1.17. The number of likely N-dealkylation sites (tertiary alicyclic amines) is 1. The number of nitrogens with zero attached hydrogens (tertiary/aromatic N) is 2. The van der Waals surface area contributed by atoms with Crippen LogP contribution in [0.3, 0.4) is 0 Å². The Bertz CT molecular complexity index is 1130. The SMILES string of the molecule is COCC(C)(C)NC(=O)[C@@H]1CN(C2CCCCC2)CC[C@H]1NC(=O)c1cc(-c2c(F)cc(F)cc2F)on1. The number of amides is 2. The van der Waals surface area contributed by atoms with Gasteiger partial charge >= 0.3 is 0 Å². The van der Waals surface area contributed by atoms with Gasteiger partial charge in [-0.15, -0.1) is 0 Å². The average molecular weight is 537 g/mol. The van der Waals surface area contributed by atoms with E-state index in [1.807, 2.05) is 13.8 Å². The van der Waals surface area contributed by atoms with E-state index in [0.29, 0.717) is 37.7 Å². The van der Waals surface area contributed by atoms with Crippen molar-refractivity contribution in [3.8, 4) is 11.3 Å². The van der Waals surface area contributed by atoms with Gasteiger partial charge in [-0.2, -0.15) is 0 Å². The maximum absolute atomic E-state index is 14.2. The molecule has 8 nitrogen and oxygen atoms in total. The Labute approximate surface area is 220 Å². The predicted molar refractivity (Wildman–Crippen MR) is 134 cm³/mol. The largest absolute Gasteiger partial charge is 0.382 e. The predicted octanol–water partition coefficient (Wildman–Crippen LogP) is 4.05. The van der Waals surface area contributed by atoms with E-state index in [9.17, 15) is 22.8 Å². The van der Waals surface area contributed by atoms with E-state index in [0.717, 1.165) is 25.5 Å². The third kappa shape index (κ3) is 6.55. The number of methoxy groups -OCH3 is 1. The molecule has 208 valence electrons. The van der Waals surface area contributed by atoms with Gasteiger partial charge in [-0.05, 0) is 33.1 Å². The summed E-state index contributed by atoms with van der Waals surface area (Å²) in [6.45, 7) is 5.30. The van der Waals surface area contributed by atoms with Crippen LogP contribution < -0.4 is 10.6 Å². The molecule has 1 aromatic heterocycles. The Kier molecular flexibility index (Phi) is 8.77. The van der Waals surface area contributed by atoms with Crippen LogP contribution >= 0.6 is 0 Å². The van der Waals surface area contributed by atoms with Gasteiger partial charge in [-0.25, -0.2) is 13.2 Å². The maximum Gasteiger partial charge on any atom is 0.273 e. The van der Waals surface area contributed by atoms with Crippen LogP contribution in [-0.4, -0.2) is 66.3 Å². The zero-order valence-corrected chi connectivity index (χ0v) is 22.0. The highest BCUT2D eigenvalue weighted by atomic mass is 19.1. The maximum atomic E-state index is 14.2. The van der Waals surface area contributed by atoms with Crippen molar-refractivity contribution in [3.05, 3.63) is 41.3 Å². The summed E-state index contributed by atoms with van der Waals surface area (Å²) in [5.41, 5.74) is -1.41. The molecule has 2 atom stereocenters. The zero-order valence-electron chi connectivity index (χ0n) is 22.0. The molecule has 2 fully saturated rings. The lowest BCUT2D eigenvalue weighted by atomic mass is 9.86. The summed E-state index contributed by atoms with van der Waals surface area (Å²) in [5.74, 6) is -5.09. The number of carbonyl (C=O) groups excluding carboxylic acids is 2. The standard InChI is InChI=1S/C27H35F3N4O4/c1-27(2,15-37-3)32-25(35)18-14-34(17-7-5-4-6-8-17)10-9-21(18)31-26(36)22-13-23(38-33-22)24-19(29)11-16(28)12-20(24)30/h11-13,17-18,21H,4-10,14-15H2,1-3H3,(H,31,36)(H,32,35)/t18-,21-/m1/s1. The van der Waals surface area contributed by atoms with E-state index in [1.165, 1.54) is 19.3 Å². The Morgan fingerprint density at radius 3 is 2.45 bits per heavy atom. The summed E-state index contributed by atoms with van der Waals surface area (Å²) in [4.78, 5) is 28.9. The van der Waals surface area contributed by atoms with Gasteiger partial charge in [0.15, 0.2) is 11.5 Å². The van der Waals surface area contributed by atoms with E-state index in [4.69, 9.17) is 9.26 Å². The molecule has 2 amide bonds. The topological polar surface area (TPSA) is 96.7 Å². The fraction of sp³-hybridized carbons (Fsp3) is 0.593. The number of rotatable bonds is 8. The molecule has 38 heavy (non-hydrogen) atoms. The highest BCUT2D eigenvalue weighted by Gasteiger charge is 2.39. The summed E-state index contributed by atoms with van der Waals surface area (Å²) < 4.78 is 51.9. The van der Waals surface area contributed by atoms with Crippen LogP contribution in [0.25, 0.3) is 11.3 Å². The van der Waals surface area contributed by atoms with Crippen LogP contribution in [0.5, 0.6) is 0 Å². The monoisotopic (exact) mass is 536 g/mol. The van der Waals surface area contributed by atoms with E-state index in [-0.39, 0.29) is 17.4 Å².